The molecule has 7 nitrogen and oxygen atoms in total. The number of nitrogens with one attached hydrogen (secondary N) is 2. The molecule has 2 heterocycles. The Morgan fingerprint density at radius 3 is 2.76 bits per heavy atom. The minimum atomic E-state index is -0.286. The molecular formula is C24H33FIN5O2. The first kappa shape index (κ1) is 25.3. The van der Waals surface area contributed by atoms with Gasteiger partial charge in [-0.25, -0.2) is 9.37 Å². The molecule has 1 atom stereocenters. The fraction of sp³-hybridized carbons (Fsp3) is 0.500. The summed E-state index contributed by atoms with van der Waals surface area (Å²) in [6, 6.07) is 9.25. The fourth-order valence-electron chi connectivity index (χ4n) is 4.36. The quantitative estimate of drug-likeness (QED) is 0.297. The Hall–Kier alpha value is -2.30. The van der Waals surface area contributed by atoms with Crippen LogP contribution in [-0.2, 0) is 6.54 Å². The Morgan fingerprint density at radius 2 is 2.03 bits per heavy atom. The van der Waals surface area contributed by atoms with Gasteiger partial charge >= 0.3 is 0 Å². The van der Waals surface area contributed by atoms with Crippen LogP contribution < -0.4 is 25.0 Å². The SMILES string of the molecule is CN=C(NCc1ccc(OC)c(OC2CCCC2)c1)NC1CCN(c2ncccc2F)C1.I. The van der Waals surface area contributed by atoms with Gasteiger partial charge in [-0.05, 0) is 61.9 Å². The number of hydrogen-bond acceptors (Lipinski definition) is 5. The van der Waals surface area contributed by atoms with Crippen LogP contribution in [0.2, 0.25) is 0 Å². The first-order valence-corrected chi connectivity index (χ1v) is 11.3. The van der Waals surface area contributed by atoms with Crippen molar-refractivity contribution >= 4 is 35.8 Å². The second-order valence-corrected chi connectivity index (χ2v) is 8.32. The van der Waals surface area contributed by atoms with Crippen LogP contribution in [0.15, 0.2) is 41.5 Å². The number of anilines is 1. The maximum absolute atomic E-state index is 14.0. The Kier molecular flexibility index (Phi) is 9.40. The summed E-state index contributed by atoms with van der Waals surface area (Å²) in [6.07, 6.45) is 7.43. The van der Waals surface area contributed by atoms with Crippen molar-refractivity contribution in [1.82, 2.24) is 15.6 Å². The highest BCUT2D eigenvalue weighted by Crippen LogP contribution is 2.32. The third-order valence-corrected chi connectivity index (χ3v) is 6.08. The zero-order valence-electron chi connectivity index (χ0n) is 19.2. The van der Waals surface area contributed by atoms with E-state index in [-0.39, 0.29) is 41.9 Å². The highest BCUT2D eigenvalue weighted by atomic mass is 127. The zero-order chi connectivity index (χ0) is 22.3. The number of halogens is 2. The summed E-state index contributed by atoms with van der Waals surface area (Å²) in [6.45, 7) is 2.04. The summed E-state index contributed by atoms with van der Waals surface area (Å²) < 4.78 is 25.7. The van der Waals surface area contributed by atoms with E-state index in [9.17, 15) is 4.39 Å². The molecule has 2 N–H and O–H groups in total. The second kappa shape index (κ2) is 12.2. The van der Waals surface area contributed by atoms with E-state index in [2.05, 4.69) is 20.6 Å². The molecule has 9 heteroatoms. The van der Waals surface area contributed by atoms with Gasteiger partial charge in [0.25, 0.3) is 0 Å². The van der Waals surface area contributed by atoms with E-state index in [4.69, 9.17) is 9.47 Å². The number of hydrogen-bond donors (Lipinski definition) is 2. The lowest BCUT2D eigenvalue weighted by molar-refractivity contribution is 0.200. The van der Waals surface area contributed by atoms with Crippen LogP contribution in [0.4, 0.5) is 10.2 Å². The van der Waals surface area contributed by atoms with Crippen LogP contribution in [-0.4, -0.2) is 50.3 Å². The standard InChI is InChI=1S/C24H32FN5O2.HI/c1-26-24(29-18-11-13-30(16-18)23-20(25)8-5-12-27-23)28-15-17-9-10-21(31-2)22(14-17)32-19-6-3-4-7-19;/h5,8-10,12,14,18-19H,3-4,6-7,11,13,15-16H2,1-2H3,(H2,26,28,29);1H. The van der Waals surface area contributed by atoms with Gasteiger partial charge in [0.1, 0.15) is 0 Å². The van der Waals surface area contributed by atoms with Gasteiger partial charge in [0.15, 0.2) is 29.1 Å². The summed E-state index contributed by atoms with van der Waals surface area (Å²) in [5, 5.41) is 6.81. The van der Waals surface area contributed by atoms with Crippen molar-refractivity contribution in [3.8, 4) is 11.5 Å². The van der Waals surface area contributed by atoms with Crippen LogP contribution in [0.25, 0.3) is 0 Å². The lowest BCUT2D eigenvalue weighted by atomic mass is 10.2. The molecule has 1 aromatic heterocycles. The molecule has 0 radical (unpaired) electrons. The number of ether oxygens (including phenoxy) is 2. The topological polar surface area (TPSA) is 71.0 Å². The minimum absolute atomic E-state index is 0. The van der Waals surface area contributed by atoms with Gasteiger partial charge < -0.3 is 25.0 Å². The molecular weight excluding hydrogens is 536 g/mol. The predicted molar refractivity (Wildman–Crippen MR) is 139 cm³/mol. The zero-order valence-corrected chi connectivity index (χ0v) is 21.6. The van der Waals surface area contributed by atoms with Crippen molar-refractivity contribution in [3.05, 3.63) is 47.9 Å². The van der Waals surface area contributed by atoms with E-state index in [1.807, 2.05) is 23.1 Å². The van der Waals surface area contributed by atoms with E-state index in [1.54, 1.807) is 26.4 Å². The highest BCUT2D eigenvalue weighted by Gasteiger charge is 2.26. The number of aliphatic imine (C=N–C) groups is 1. The first-order chi connectivity index (χ1) is 15.7. The van der Waals surface area contributed by atoms with Crippen molar-refractivity contribution < 1.29 is 13.9 Å². The van der Waals surface area contributed by atoms with Crippen LogP contribution in [0, 0.1) is 5.82 Å². The summed E-state index contributed by atoms with van der Waals surface area (Å²) in [7, 11) is 3.42. The van der Waals surface area contributed by atoms with Gasteiger partial charge in [0, 0.05) is 38.9 Å². The number of benzene rings is 1. The number of methoxy groups -OCH3 is 1. The van der Waals surface area contributed by atoms with E-state index in [0.717, 1.165) is 42.9 Å². The fourth-order valence-corrected chi connectivity index (χ4v) is 4.36. The molecule has 0 amide bonds. The minimum Gasteiger partial charge on any atom is -0.493 e. The molecule has 1 aliphatic heterocycles. The van der Waals surface area contributed by atoms with E-state index >= 15 is 0 Å². The molecule has 33 heavy (non-hydrogen) atoms. The van der Waals surface area contributed by atoms with E-state index in [1.165, 1.54) is 18.9 Å². The van der Waals surface area contributed by atoms with Gasteiger partial charge in [-0.2, -0.15) is 0 Å². The van der Waals surface area contributed by atoms with Gasteiger partial charge in [-0.3, -0.25) is 4.99 Å². The maximum Gasteiger partial charge on any atom is 0.191 e. The van der Waals surface area contributed by atoms with E-state index in [0.29, 0.717) is 24.9 Å². The van der Waals surface area contributed by atoms with Crippen molar-refractivity contribution in [2.24, 2.45) is 4.99 Å². The first-order valence-electron chi connectivity index (χ1n) is 11.3. The van der Waals surface area contributed by atoms with Crippen LogP contribution >= 0.6 is 24.0 Å². The maximum atomic E-state index is 14.0. The summed E-state index contributed by atoms with van der Waals surface area (Å²) in [5.41, 5.74) is 1.09. The van der Waals surface area contributed by atoms with E-state index < -0.39 is 0 Å². The van der Waals surface area contributed by atoms with Crippen molar-refractivity contribution in [2.45, 2.75) is 50.8 Å². The molecule has 1 aliphatic carbocycles. The van der Waals surface area contributed by atoms with Crippen LogP contribution in [0.5, 0.6) is 11.5 Å². The Bertz CT molecular complexity index is 939. The van der Waals surface area contributed by atoms with Gasteiger partial charge in [-0.1, -0.05) is 6.07 Å². The van der Waals surface area contributed by atoms with Crippen molar-refractivity contribution in [2.75, 3.05) is 32.1 Å². The Balaban J connectivity index is 0.00000306. The average molecular weight is 569 g/mol. The Labute approximate surface area is 212 Å². The Morgan fingerprint density at radius 1 is 1.21 bits per heavy atom. The molecule has 2 aromatic rings. The average Bonchev–Trinajstić information content (AvgIpc) is 3.49. The highest BCUT2D eigenvalue weighted by molar-refractivity contribution is 14.0. The molecule has 2 fully saturated rings. The predicted octanol–water partition coefficient (Wildman–Crippen LogP) is 4.11. The number of pyridine rings is 1. The molecule has 4 rings (SSSR count). The summed E-state index contributed by atoms with van der Waals surface area (Å²) in [5.74, 6) is 2.40. The molecule has 0 bridgehead atoms. The van der Waals surface area contributed by atoms with Crippen molar-refractivity contribution in [3.63, 3.8) is 0 Å². The number of rotatable bonds is 7. The lowest BCUT2D eigenvalue weighted by Crippen LogP contribution is -2.44. The third kappa shape index (κ3) is 6.61. The molecule has 1 saturated carbocycles. The van der Waals surface area contributed by atoms with Crippen molar-refractivity contribution in [1.29, 1.82) is 0 Å². The smallest absolute Gasteiger partial charge is 0.191 e. The molecule has 2 aliphatic rings. The monoisotopic (exact) mass is 569 g/mol. The number of aromatic nitrogens is 1. The molecule has 180 valence electrons. The number of nitrogens with zero attached hydrogens (tertiary/aromatic N) is 3. The summed E-state index contributed by atoms with van der Waals surface area (Å²) in [4.78, 5) is 10.5. The molecule has 1 saturated heterocycles. The van der Waals surface area contributed by atoms with Crippen LogP contribution in [0.3, 0.4) is 0 Å². The largest absolute Gasteiger partial charge is 0.493 e. The number of guanidine groups is 1. The van der Waals surface area contributed by atoms with Gasteiger partial charge in [0.2, 0.25) is 0 Å². The normalized spacial score (nSPS) is 18.7. The van der Waals surface area contributed by atoms with Gasteiger partial charge in [0.05, 0.1) is 13.2 Å². The lowest BCUT2D eigenvalue weighted by Gasteiger charge is -2.20. The molecule has 1 unspecified atom stereocenters. The molecule has 0 spiro atoms. The van der Waals surface area contributed by atoms with Gasteiger partial charge in [-0.15, -0.1) is 24.0 Å². The van der Waals surface area contributed by atoms with Crippen LogP contribution in [0.1, 0.15) is 37.7 Å². The third-order valence-electron chi connectivity index (χ3n) is 6.08. The second-order valence-electron chi connectivity index (χ2n) is 8.32. The molecule has 1 aromatic carbocycles. The summed E-state index contributed by atoms with van der Waals surface area (Å²) >= 11 is 0.